The molecule has 0 saturated heterocycles. The van der Waals surface area contributed by atoms with Gasteiger partial charge in [-0.2, -0.15) is 10.2 Å². The van der Waals surface area contributed by atoms with Gasteiger partial charge in [-0.3, -0.25) is 48.9 Å². The number of aryl methyl sites for hydroxylation is 4. The van der Waals surface area contributed by atoms with E-state index in [2.05, 4.69) is 25.8 Å². The first-order valence-corrected chi connectivity index (χ1v) is 22.8. The van der Waals surface area contributed by atoms with Crippen molar-refractivity contribution >= 4 is 75.4 Å². The van der Waals surface area contributed by atoms with Gasteiger partial charge in [0.05, 0.1) is 54.4 Å². The Hall–Kier alpha value is -8.63. The molecule has 372 valence electrons. The first-order chi connectivity index (χ1) is 34.0. The van der Waals surface area contributed by atoms with E-state index in [1.165, 1.54) is 55.5 Å². The number of hydrogen-bond acceptors (Lipinski definition) is 14. The fourth-order valence-corrected chi connectivity index (χ4v) is 8.07. The molecular formula is C48H54N12O11. The molecule has 0 fully saturated rings. The Morgan fingerprint density at radius 1 is 0.732 bits per heavy atom. The predicted molar refractivity (Wildman–Crippen MR) is 257 cm³/mol. The van der Waals surface area contributed by atoms with Crippen LogP contribution in [-0.2, 0) is 45.3 Å². The van der Waals surface area contributed by atoms with E-state index in [0.717, 1.165) is 4.90 Å². The third kappa shape index (κ3) is 11.0. The van der Waals surface area contributed by atoms with Crippen LogP contribution in [0.5, 0.6) is 11.5 Å². The van der Waals surface area contributed by atoms with Crippen LogP contribution >= 0.6 is 0 Å². The number of esters is 1. The number of fused-ring (bicyclic) bond motifs is 2. The van der Waals surface area contributed by atoms with E-state index in [-0.39, 0.29) is 78.6 Å². The lowest BCUT2D eigenvalue weighted by Gasteiger charge is -2.19. The number of carboxylic acid groups (broad SMARTS) is 1. The first kappa shape index (κ1) is 50.3. The van der Waals surface area contributed by atoms with Crippen molar-refractivity contribution in [1.29, 1.82) is 0 Å². The molecule has 0 radical (unpaired) electrons. The van der Waals surface area contributed by atoms with Crippen LogP contribution in [0, 0.1) is 13.8 Å². The Bertz CT molecular complexity index is 3120. The van der Waals surface area contributed by atoms with E-state index in [1.807, 2.05) is 13.8 Å². The quantitative estimate of drug-likeness (QED) is 0.0363. The number of nitrogens with one attached hydrogen (secondary N) is 2. The zero-order valence-corrected chi connectivity index (χ0v) is 40.3. The number of hydrogen-bond donors (Lipinski definition) is 3. The van der Waals surface area contributed by atoms with Crippen molar-refractivity contribution in [2.45, 2.75) is 73.1 Å². The maximum atomic E-state index is 13.9. The number of rotatable bonds is 22. The van der Waals surface area contributed by atoms with Crippen molar-refractivity contribution in [3.05, 3.63) is 94.6 Å². The summed E-state index contributed by atoms with van der Waals surface area (Å²) in [5.41, 5.74) is 3.34. The lowest BCUT2D eigenvalue weighted by molar-refractivity contribution is -0.138. The molecule has 0 unspecified atom stereocenters. The fourth-order valence-electron chi connectivity index (χ4n) is 8.07. The number of carboxylic acids is 1. The topological polar surface area (TPSA) is 269 Å². The Morgan fingerprint density at radius 3 is 1.76 bits per heavy atom. The smallest absolute Gasteiger partial charge is 0.338 e. The molecule has 4 aromatic heterocycles. The van der Waals surface area contributed by atoms with Crippen molar-refractivity contribution in [2.75, 3.05) is 51.6 Å². The van der Waals surface area contributed by atoms with Gasteiger partial charge < -0.3 is 33.4 Å². The minimum atomic E-state index is -1.19. The largest absolute Gasteiger partial charge is 0.494 e. The van der Waals surface area contributed by atoms with Crippen LogP contribution in [0.2, 0.25) is 0 Å². The van der Waals surface area contributed by atoms with E-state index in [0.29, 0.717) is 71.8 Å². The van der Waals surface area contributed by atoms with Gasteiger partial charge in [-0.25, -0.2) is 19.6 Å². The fraction of sp³-hybridized carbons (Fsp3) is 0.354. The first-order valence-electron chi connectivity index (χ1n) is 22.8. The summed E-state index contributed by atoms with van der Waals surface area (Å²) >= 11 is 0. The summed E-state index contributed by atoms with van der Waals surface area (Å²) in [7, 11) is 4.29. The third-order valence-corrected chi connectivity index (χ3v) is 11.6. The molecule has 7 rings (SSSR count). The zero-order valence-electron chi connectivity index (χ0n) is 40.3. The number of aromatic carboxylic acids is 1. The number of nitrogens with zero attached hydrogens (tertiary/aromatic N) is 10. The number of imide groups is 1. The molecule has 2 aromatic carbocycles. The summed E-state index contributed by atoms with van der Waals surface area (Å²) in [5.74, 6) is -3.29. The average Bonchev–Trinajstić information content (AvgIpc) is 4.17. The van der Waals surface area contributed by atoms with Gasteiger partial charge >= 0.3 is 11.9 Å². The van der Waals surface area contributed by atoms with Gasteiger partial charge in [-0.15, -0.1) is 0 Å². The third-order valence-electron chi connectivity index (χ3n) is 11.6. The predicted octanol–water partition coefficient (Wildman–Crippen LogP) is 4.62. The molecule has 5 heterocycles. The van der Waals surface area contributed by atoms with Crippen LogP contribution in [0.1, 0.15) is 86.2 Å². The number of anilines is 2. The Labute approximate surface area is 406 Å². The molecule has 71 heavy (non-hydrogen) atoms. The number of carbonyl (C=O) groups is 7. The summed E-state index contributed by atoms with van der Waals surface area (Å²) in [5, 5.41) is 24.5. The van der Waals surface area contributed by atoms with Crippen LogP contribution in [0.3, 0.4) is 0 Å². The van der Waals surface area contributed by atoms with Gasteiger partial charge in [0.25, 0.3) is 23.6 Å². The normalized spacial score (nSPS) is 12.4. The van der Waals surface area contributed by atoms with Gasteiger partial charge in [-0.05, 0) is 76.9 Å². The number of unbranched alkanes of at least 4 members (excludes halogenated alkanes) is 1. The molecule has 23 nitrogen and oxygen atoms in total. The number of benzene rings is 2. The molecule has 0 aliphatic carbocycles. The molecule has 3 N–H and O–H groups in total. The molecule has 6 aromatic rings. The van der Waals surface area contributed by atoms with Gasteiger partial charge in [0.15, 0.2) is 0 Å². The monoisotopic (exact) mass is 974 g/mol. The SMILES string of the molecule is CCn1nc(C)cc1C(=O)Nc1nc2cc(C(=O)O)cc(OC)c2n1C/C=C/Cn1c(NC(=O)c2cc(C)nn2CC)nc2cc(C(=O)OC)cc(OCCCCN(C)C(=O)CCN3C(=O)C=CC3=O)c21. The molecule has 5 amide bonds. The summed E-state index contributed by atoms with van der Waals surface area (Å²) < 4.78 is 23.6. The van der Waals surface area contributed by atoms with Crippen molar-refractivity contribution in [3.8, 4) is 11.5 Å². The lowest BCUT2D eigenvalue weighted by atomic mass is 10.1. The van der Waals surface area contributed by atoms with E-state index < -0.39 is 35.6 Å². The lowest BCUT2D eigenvalue weighted by Crippen LogP contribution is -2.35. The summed E-state index contributed by atoms with van der Waals surface area (Å²) in [6.07, 6.45) is 6.90. The van der Waals surface area contributed by atoms with Crippen molar-refractivity contribution in [1.82, 2.24) is 48.5 Å². The van der Waals surface area contributed by atoms with E-state index in [4.69, 9.17) is 19.2 Å². The van der Waals surface area contributed by atoms with Crippen molar-refractivity contribution < 1.29 is 52.9 Å². The second kappa shape index (κ2) is 21.8. The number of amides is 5. The number of aromatic nitrogens is 8. The number of methoxy groups -OCH3 is 2. The van der Waals surface area contributed by atoms with E-state index in [1.54, 1.807) is 63.7 Å². The maximum absolute atomic E-state index is 13.9. The molecule has 0 bridgehead atoms. The Morgan fingerprint density at radius 2 is 1.25 bits per heavy atom. The molecule has 1 aliphatic heterocycles. The average molecular weight is 975 g/mol. The highest BCUT2D eigenvalue weighted by Crippen LogP contribution is 2.33. The molecule has 0 saturated carbocycles. The minimum absolute atomic E-state index is 0.0207. The van der Waals surface area contributed by atoms with Gasteiger partial charge in [-0.1, -0.05) is 12.2 Å². The van der Waals surface area contributed by atoms with Crippen LogP contribution in [0.25, 0.3) is 22.1 Å². The van der Waals surface area contributed by atoms with Crippen molar-refractivity contribution in [3.63, 3.8) is 0 Å². The number of ether oxygens (including phenoxy) is 3. The highest BCUT2D eigenvalue weighted by molar-refractivity contribution is 6.13. The van der Waals surface area contributed by atoms with Crippen LogP contribution in [0.4, 0.5) is 11.9 Å². The van der Waals surface area contributed by atoms with Crippen molar-refractivity contribution in [2.24, 2.45) is 0 Å². The highest BCUT2D eigenvalue weighted by Gasteiger charge is 2.26. The van der Waals surface area contributed by atoms with Gasteiger partial charge in [0.2, 0.25) is 17.8 Å². The molecular weight excluding hydrogens is 921 g/mol. The Balaban J connectivity index is 1.19. The van der Waals surface area contributed by atoms with Gasteiger partial charge in [0, 0.05) is 64.9 Å². The zero-order chi connectivity index (χ0) is 51.1. The van der Waals surface area contributed by atoms with Crippen LogP contribution in [-0.4, -0.2) is 136 Å². The van der Waals surface area contributed by atoms with E-state index >= 15 is 0 Å². The molecule has 0 atom stereocenters. The van der Waals surface area contributed by atoms with Crippen LogP contribution in [0.15, 0.2) is 60.7 Å². The second-order valence-electron chi connectivity index (χ2n) is 16.4. The molecule has 0 spiro atoms. The van der Waals surface area contributed by atoms with E-state index in [9.17, 15) is 38.7 Å². The Kier molecular flexibility index (Phi) is 15.4. The van der Waals surface area contributed by atoms with Crippen LogP contribution < -0.4 is 20.1 Å². The number of carbonyl (C=O) groups excluding carboxylic acids is 6. The maximum Gasteiger partial charge on any atom is 0.338 e. The standard InChI is InChI=1S/C48H54N12O11/c1-8-59-34(22-28(3)53-59)43(64)51-47-49-32-24-30(45(66)67)26-36(69-6)41(32)57(47)18-10-11-19-58-42-33(50-48(58)52-44(65)35-23-29(4)54-60(35)9-2)25-31(46(68)70-7)27-37(42)71-21-13-12-17-55(5)38(61)16-20-56-39(62)14-15-40(56)63/h10-11,14-15,22-27H,8-9,12-13,16-21H2,1-7H3,(H,66,67)(H,49,51,64)(H,50,52,65)/b11-10+. The summed E-state index contributed by atoms with van der Waals surface area (Å²) in [6.45, 7) is 8.78. The summed E-state index contributed by atoms with van der Waals surface area (Å²) in [6, 6.07) is 9.12. The number of imidazole rings is 2. The van der Waals surface area contributed by atoms with Gasteiger partial charge in [0.1, 0.15) is 33.9 Å². The molecule has 23 heteroatoms. The molecule has 1 aliphatic rings. The number of allylic oxidation sites excluding steroid dienone is 2. The highest BCUT2D eigenvalue weighted by atomic mass is 16.5. The summed E-state index contributed by atoms with van der Waals surface area (Å²) in [4.78, 5) is 101. The minimum Gasteiger partial charge on any atom is -0.494 e. The second-order valence-corrected chi connectivity index (χ2v) is 16.4.